The molecule has 0 aliphatic rings. The topological polar surface area (TPSA) is 45.9 Å². The van der Waals surface area contributed by atoms with Gasteiger partial charge in [-0.25, -0.2) is 8.78 Å². The van der Waals surface area contributed by atoms with Crippen molar-refractivity contribution in [1.82, 2.24) is 4.98 Å². The van der Waals surface area contributed by atoms with E-state index in [1.165, 1.54) is 13.3 Å². The first-order valence-corrected chi connectivity index (χ1v) is 5.53. The van der Waals surface area contributed by atoms with Crippen molar-refractivity contribution in [3.8, 4) is 11.8 Å². The zero-order valence-corrected chi connectivity index (χ0v) is 10.1. The second kappa shape index (κ2) is 5.75. The van der Waals surface area contributed by atoms with E-state index in [1.807, 2.05) is 6.07 Å². The van der Waals surface area contributed by atoms with Crippen LogP contribution in [0.2, 0.25) is 0 Å². The van der Waals surface area contributed by atoms with Gasteiger partial charge in [0.05, 0.1) is 37.1 Å². The first-order chi connectivity index (χ1) is 7.65. The van der Waals surface area contributed by atoms with Gasteiger partial charge in [0.15, 0.2) is 0 Å². The van der Waals surface area contributed by atoms with Gasteiger partial charge in [-0.15, -0.1) is 0 Å². The maximum atomic E-state index is 12.9. The molecule has 16 heavy (non-hydrogen) atoms. The number of ether oxygens (including phenoxy) is 1. The van der Waals surface area contributed by atoms with Crippen LogP contribution in [0, 0.1) is 11.3 Å². The van der Waals surface area contributed by atoms with Crippen LogP contribution in [0.1, 0.15) is 23.2 Å². The molecule has 86 valence electrons. The second-order valence-corrected chi connectivity index (χ2v) is 3.50. The number of rotatable bonds is 4. The van der Waals surface area contributed by atoms with E-state index in [2.05, 4.69) is 20.9 Å². The minimum atomic E-state index is -2.68. The van der Waals surface area contributed by atoms with Crippen molar-refractivity contribution in [2.24, 2.45) is 0 Å². The van der Waals surface area contributed by atoms with E-state index < -0.39 is 6.43 Å². The lowest BCUT2D eigenvalue weighted by Gasteiger charge is -2.13. The van der Waals surface area contributed by atoms with Crippen LogP contribution in [-0.2, 0) is 11.8 Å². The van der Waals surface area contributed by atoms with Crippen LogP contribution >= 0.6 is 15.9 Å². The van der Waals surface area contributed by atoms with Crippen molar-refractivity contribution < 1.29 is 13.5 Å². The maximum absolute atomic E-state index is 12.9. The number of halogens is 3. The summed E-state index contributed by atoms with van der Waals surface area (Å²) in [4.78, 5) is 3.97. The quantitative estimate of drug-likeness (QED) is 0.801. The highest BCUT2D eigenvalue weighted by atomic mass is 79.9. The van der Waals surface area contributed by atoms with E-state index in [0.717, 1.165) is 0 Å². The van der Waals surface area contributed by atoms with Crippen LogP contribution in [0.25, 0.3) is 0 Å². The van der Waals surface area contributed by atoms with Crippen LogP contribution in [0.5, 0.6) is 5.75 Å². The average molecular weight is 291 g/mol. The summed E-state index contributed by atoms with van der Waals surface area (Å²) in [6.07, 6.45) is -1.54. The molecule has 0 aromatic carbocycles. The van der Waals surface area contributed by atoms with Crippen LogP contribution in [-0.4, -0.2) is 12.1 Å². The summed E-state index contributed by atoms with van der Waals surface area (Å²) in [7, 11) is 1.30. The number of alkyl halides is 3. The monoisotopic (exact) mass is 290 g/mol. The molecule has 0 spiro atoms. The molecule has 3 nitrogen and oxygen atoms in total. The lowest BCUT2D eigenvalue weighted by molar-refractivity contribution is 0.145. The SMILES string of the molecule is COc1cnc(CBr)c(CC#N)c1C(F)F. The Hall–Kier alpha value is -1.22. The number of nitrogens with zero attached hydrogens (tertiary/aromatic N) is 2. The highest BCUT2D eigenvalue weighted by Gasteiger charge is 2.22. The van der Waals surface area contributed by atoms with E-state index >= 15 is 0 Å². The van der Waals surface area contributed by atoms with Crippen molar-refractivity contribution in [1.29, 1.82) is 5.26 Å². The molecule has 1 rings (SSSR count). The normalized spacial score (nSPS) is 10.2. The Kier molecular flexibility index (Phi) is 4.62. The number of methoxy groups -OCH3 is 1. The van der Waals surface area contributed by atoms with Crippen molar-refractivity contribution in [2.75, 3.05) is 7.11 Å². The lowest BCUT2D eigenvalue weighted by Crippen LogP contribution is -2.04. The zero-order chi connectivity index (χ0) is 12.1. The molecular weight excluding hydrogens is 282 g/mol. The highest BCUT2D eigenvalue weighted by molar-refractivity contribution is 9.08. The molecule has 0 bridgehead atoms. The number of pyridine rings is 1. The molecule has 0 unspecified atom stereocenters. The molecule has 0 aliphatic carbocycles. The Labute approximate surface area is 100 Å². The molecule has 0 atom stereocenters. The third kappa shape index (κ3) is 2.47. The van der Waals surface area contributed by atoms with E-state index in [4.69, 9.17) is 10.00 Å². The molecule has 1 aromatic heterocycles. The Morgan fingerprint density at radius 2 is 2.31 bits per heavy atom. The number of hydrogen-bond acceptors (Lipinski definition) is 3. The van der Waals surface area contributed by atoms with Gasteiger partial charge in [-0.2, -0.15) is 5.26 Å². The van der Waals surface area contributed by atoms with Gasteiger partial charge in [-0.3, -0.25) is 4.98 Å². The van der Waals surface area contributed by atoms with Gasteiger partial charge in [-0.05, 0) is 0 Å². The van der Waals surface area contributed by atoms with E-state index in [1.54, 1.807) is 0 Å². The van der Waals surface area contributed by atoms with Gasteiger partial charge in [0.25, 0.3) is 6.43 Å². The molecule has 0 fully saturated rings. The summed E-state index contributed by atoms with van der Waals surface area (Å²) in [5.41, 5.74) is 0.444. The fourth-order valence-electron chi connectivity index (χ4n) is 1.38. The Morgan fingerprint density at radius 3 is 2.75 bits per heavy atom. The van der Waals surface area contributed by atoms with Gasteiger partial charge < -0.3 is 4.74 Å². The van der Waals surface area contributed by atoms with Crippen molar-refractivity contribution in [3.63, 3.8) is 0 Å². The summed E-state index contributed by atoms with van der Waals surface area (Å²) in [6, 6.07) is 1.86. The molecule has 0 radical (unpaired) electrons. The summed E-state index contributed by atoms with van der Waals surface area (Å²) in [5, 5.41) is 8.96. The van der Waals surface area contributed by atoms with Gasteiger partial charge >= 0.3 is 0 Å². The Morgan fingerprint density at radius 1 is 1.62 bits per heavy atom. The fourth-order valence-corrected chi connectivity index (χ4v) is 1.86. The highest BCUT2D eigenvalue weighted by Crippen LogP contribution is 2.33. The molecule has 1 aromatic rings. The Bertz CT molecular complexity index is 418. The first kappa shape index (κ1) is 12.8. The van der Waals surface area contributed by atoms with Gasteiger partial charge in [0, 0.05) is 10.9 Å². The van der Waals surface area contributed by atoms with Crippen LogP contribution in [0.4, 0.5) is 8.78 Å². The lowest BCUT2D eigenvalue weighted by atomic mass is 10.0. The smallest absolute Gasteiger partial charge is 0.267 e. The molecule has 0 aliphatic heterocycles. The van der Waals surface area contributed by atoms with Crippen molar-refractivity contribution in [2.45, 2.75) is 18.2 Å². The summed E-state index contributed by atoms with van der Waals surface area (Å²) >= 11 is 3.15. The zero-order valence-electron chi connectivity index (χ0n) is 8.51. The average Bonchev–Trinajstić information content (AvgIpc) is 2.28. The standard InChI is InChI=1S/C10H9BrF2N2O/c1-16-8-5-15-7(4-11)6(2-3-14)9(8)10(12)13/h5,10H,2,4H2,1H3. The minimum Gasteiger partial charge on any atom is -0.495 e. The van der Waals surface area contributed by atoms with Crippen molar-refractivity contribution >= 4 is 15.9 Å². The number of nitriles is 1. The third-order valence-electron chi connectivity index (χ3n) is 2.10. The first-order valence-electron chi connectivity index (χ1n) is 4.41. The van der Waals surface area contributed by atoms with E-state index in [-0.39, 0.29) is 23.3 Å². The van der Waals surface area contributed by atoms with Gasteiger partial charge in [0.2, 0.25) is 0 Å². The molecule has 0 amide bonds. The second-order valence-electron chi connectivity index (χ2n) is 2.93. The predicted molar refractivity (Wildman–Crippen MR) is 57.7 cm³/mol. The maximum Gasteiger partial charge on any atom is 0.267 e. The van der Waals surface area contributed by atoms with E-state index in [0.29, 0.717) is 11.0 Å². The summed E-state index contributed by atoms with van der Waals surface area (Å²) in [6.45, 7) is 0. The summed E-state index contributed by atoms with van der Waals surface area (Å²) in [5.74, 6) is 0.0185. The number of aromatic nitrogens is 1. The fraction of sp³-hybridized carbons (Fsp3) is 0.400. The Balaban J connectivity index is 3.41. The molecule has 1 heterocycles. The van der Waals surface area contributed by atoms with Gasteiger partial charge in [0.1, 0.15) is 5.75 Å². The number of hydrogen-bond donors (Lipinski definition) is 0. The van der Waals surface area contributed by atoms with Crippen molar-refractivity contribution in [3.05, 3.63) is 23.0 Å². The molecule has 0 N–H and O–H groups in total. The summed E-state index contributed by atoms with van der Waals surface area (Å²) < 4.78 is 30.6. The van der Waals surface area contributed by atoms with E-state index in [9.17, 15) is 8.78 Å². The molecule has 0 saturated carbocycles. The van der Waals surface area contributed by atoms with Gasteiger partial charge in [-0.1, -0.05) is 15.9 Å². The predicted octanol–water partition coefficient (Wildman–Crippen LogP) is 2.99. The molecule has 0 saturated heterocycles. The van der Waals surface area contributed by atoms with Crippen LogP contribution in [0.3, 0.4) is 0 Å². The van der Waals surface area contributed by atoms with Crippen LogP contribution < -0.4 is 4.74 Å². The van der Waals surface area contributed by atoms with Crippen LogP contribution in [0.15, 0.2) is 6.20 Å². The third-order valence-corrected chi connectivity index (χ3v) is 2.63. The molecular formula is C10H9BrF2N2O. The minimum absolute atomic E-state index is 0.0185. The molecule has 6 heteroatoms. The largest absolute Gasteiger partial charge is 0.495 e.